The van der Waals surface area contributed by atoms with Gasteiger partial charge in [-0.05, 0) is 23.8 Å². The summed E-state index contributed by atoms with van der Waals surface area (Å²) in [6, 6.07) is 10.1. The summed E-state index contributed by atoms with van der Waals surface area (Å²) in [6.45, 7) is 0. The molecule has 0 amide bonds. The molecular formula is C12H8ClFNO2-. The van der Waals surface area contributed by atoms with Crippen molar-refractivity contribution in [3.8, 4) is 11.1 Å². The first-order chi connectivity index (χ1) is 8.08. The second-order valence-electron chi connectivity index (χ2n) is 3.49. The van der Waals surface area contributed by atoms with Crippen LogP contribution in [0.25, 0.3) is 11.1 Å². The van der Waals surface area contributed by atoms with Gasteiger partial charge < -0.3 is 15.6 Å². The van der Waals surface area contributed by atoms with E-state index in [0.29, 0.717) is 10.6 Å². The van der Waals surface area contributed by atoms with Gasteiger partial charge in [-0.25, -0.2) is 4.39 Å². The minimum absolute atomic E-state index is 0.0147. The van der Waals surface area contributed by atoms with Crippen molar-refractivity contribution in [1.82, 2.24) is 0 Å². The molecule has 0 aliphatic rings. The lowest BCUT2D eigenvalue weighted by Gasteiger charge is -2.25. The molecule has 2 aromatic rings. The summed E-state index contributed by atoms with van der Waals surface area (Å²) < 4.78 is 12.8. The van der Waals surface area contributed by atoms with Crippen molar-refractivity contribution in [3.63, 3.8) is 0 Å². The standard InChI is InChI=1S/C12H8ClFNO2/c13-12-7-10(15(16)17)5-6-11(12)8-1-3-9(14)4-2-8/h1-7,15H/q-1. The maximum absolute atomic E-state index is 12.8. The van der Waals surface area contributed by atoms with Crippen LogP contribution in [0.2, 0.25) is 5.02 Å². The summed E-state index contributed by atoms with van der Waals surface area (Å²) in [5.74, 6) is -0.337. The zero-order valence-corrected chi connectivity index (χ0v) is 9.37. The van der Waals surface area contributed by atoms with E-state index < -0.39 is 5.23 Å². The minimum Gasteiger partial charge on any atom is -0.628 e. The average molecular weight is 253 g/mol. The van der Waals surface area contributed by atoms with Crippen molar-refractivity contribution < 1.29 is 9.62 Å². The maximum atomic E-state index is 12.8. The van der Waals surface area contributed by atoms with Crippen LogP contribution < -0.4 is 5.23 Å². The van der Waals surface area contributed by atoms with E-state index in [1.54, 1.807) is 18.2 Å². The van der Waals surface area contributed by atoms with E-state index >= 15 is 0 Å². The predicted molar refractivity (Wildman–Crippen MR) is 64.2 cm³/mol. The van der Waals surface area contributed by atoms with Crippen LogP contribution in [0, 0.1) is 16.2 Å². The van der Waals surface area contributed by atoms with Crippen molar-refractivity contribution in [2.75, 3.05) is 0 Å². The van der Waals surface area contributed by atoms with E-state index in [-0.39, 0.29) is 11.5 Å². The van der Waals surface area contributed by atoms with Crippen LogP contribution >= 0.6 is 11.6 Å². The Kier molecular flexibility index (Phi) is 3.40. The quantitative estimate of drug-likeness (QED) is 0.836. The molecule has 2 rings (SSSR count). The molecular weight excluding hydrogens is 245 g/mol. The van der Waals surface area contributed by atoms with Gasteiger partial charge in [0.25, 0.3) is 0 Å². The van der Waals surface area contributed by atoms with Gasteiger partial charge in [0.1, 0.15) is 11.5 Å². The highest BCUT2D eigenvalue weighted by Crippen LogP contribution is 2.29. The second kappa shape index (κ2) is 4.81. The lowest BCUT2D eigenvalue weighted by molar-refractivity contribution is -0.715. The number of halogens is 2. The topological polar surface area (TPSA) is 50.6 Å². The molecule has 0 saturated heterocycles. The molecule has 0 fully saturated rings. The van der Waals surface area contributed by atoms with Crippen molar-refractivity contribution in [1.29, 1.82) is 0 Å². The molecule has 0 radical (unpaired) electrons. The molecule has 1 N–H and O–H groups in total. The molecule has 0 saturated carbocycles. The van der Waals surface area contributed by atoms with Crippen LogP contribution in [-0.4, -0.2) is 0 Å². The second-order valence-corrected chi connectivity index (χ2v) is 3.90. The van der Waals surface area contributed by atoms with Crippen LogP contribution in [0.4, 0.5) is 10.1 Å². The van der Waals surface area contributed by atoms with Gasteiger partial charge >= 0.3 is 0 Å². The van der Waals surface area contributed by atoms with Crippen LogP contribution in [-0.2, 0) is 0 Å². The summed E-state index contributed by atoms with van der Waals surface area (Å²) in [4.78, 5) is 0. The third kappa shape index (κ3) is 2.62. The van der Waals surface area contributed by atoms with Crippen molar-refractivity contribution >= 4 is 17.3 Å². The summed E-state index contributed by atoms with van der Waals surface area (Å²) in [5, 5.41) is 20.3. The van der Waals surface area contributed by atoms with E-state index in [1.165, 1.54) is 24.3 Å². The zero-order valence-electron chi connectivity index (χ0n) is 8.61. The first kappa shape index (κ1) is 12.0. The van der Waals surface area contributed by atoms with Gasteiger partial charge in [0.2, 0.25) is 0 Å². The van der Waals surface area contributed by atoms with Gasteiger partial charge in [-0.2, -0.15) is 0 Å². The Morgan fingerprint density at radius 2 is 1.65 bits per heavy atom. The number of nitrogens with one attached hydrogen (secondary N) is 1. The molecule has 0 aliphatic carbocycles. The predicted octanol–water partition coefficient (Wildman–Crippen LogP) is 2.66. The Labute approximate surface area is 102 Å². The zero-order chi connectivity index (χ0) is 12.4. The summed E-state index contributed by atoms with van der Waals surface area (Å²) in [7, 11) is 0. The third-order valence-electron chi connectivity index (χ3n) is 2.36. The maximum Gasteiger partial charge on any atom is 0.132 e. The van der Waals surface area contributed by atoms with Crippen LogP contribution in [0.5, 0.6) is 0 Å². The largest absolute Gasteiger partial charge is 0.628 e. The summed E-state index contributed by atoms with van der Waals surface area (Å²) in [5.41, 5.74) is 1.39. The fourth-order valence-corrected chi connectivity index (χ4v) is 1.80. The third-order valence-corrected chi connectivity index (χ3v) is 2.67. The van der Waals surface area contributed by atoms with Gasteiger partial charge in [0.15, 0.2) is 0 Å². The number of hydrogen-bond acceptors (Lipinski definition) is 2. The molecule has 0 aliphatic heterocycles. The summed E-state index contributed by atoms with van der Waals surface area (Å²) in [6.07, 6.45) is 0. The molecule has 0 aromatic heterocycles. The highest BCUT2D eigenvalue weighted by atomic mass is 35.5. The Morgan fingerprint density at radius 3 is 2.18 bits per heavy atom. The molecule has 0 bridgehead atoms. The Hall–Kier alpha value is -1.46. The van der Waals surface area contributed by atoms with Gasteiger partial charge in [-0.15, -0.1) is 0 Å². The Balaban J connectivity index is 2.43. The van der Waals surface area contributed by atoms with E-state index in [9.17, 15) is 14.8 Å². The monoisotopic (exact) mass is 252 g/mol. The molecule has 3 nitrogen and oxygen atoms in total. The highest BCUT2D eigenvalue weighted by Gasteiger charge is 2.06. The molecule has 0 heterocycles. The van der Waals surface area contributed by atoms with E-state index in [1.807, 2.05) is 0 Å². The van der Waals surface area contributed by atoms with Gasteiger partial charge in [0, 0.05) is 17.7 Å². The molecule has 17 heavy (non-hydrogen) atoms. The first-order valence-corrected chi connectivity index (χ1v) is 5.22. The van der Waals surface area contributed by atoms with Gasteiger partial charge in [-0.3, -0.25) is 0 Å². The SMILES string of the molecule is [O-][NH+]([O-])c1ccc(-c2ccc(F)cc2)c(Cl)c1. The fraction of sp³-hybridized carbons (Fsp3) is 0. The molecule has 88 valence electrons. The van der Waals surface area contributed by atoms with Crippen LogP contribution in [0.3, 0.4) is 0 Å². The van der Waals surface area contributed by atoms with Crippen molar-refractivity contribution in [2.24, 2.45) is 0 Å². The summed E-state index contributed by atoms with van der Waals surface area (Å²) >= 11 is 5.96. The average Bonchev–Trinajstić information content (AvgIpc) is 2.30. The Bertz CT molecular complexity index is 529. The Morgan fingerprint density at radius 1 is 1.00 bits per heavy atom. The molecule has 2 aromatic carbocycles. The number of benzene rings is 2. The molecule has 0 spiro atoms. The van der Waals surface area contributed by atoms with E-state index in [0.717, 1.165) is 5.56 Å². The van der Waals surface area contributed by atoms with Gasteiger partial charge in [-0.1, -0.05) is 23.7 Å². The highest BCUT2D eigenvalue weighted by molar-refractivity contribution is 6.33. The van der Waals surface area contributed by atoms with E-state index in [2.05, 4.69) is 0 Å². The first-order valence-electron chi connectivity index (χ1n) is 4.85. The fourth-order valence-electron chi connectivity index (χ4n) is 1.51. The molecule has 5 heteroatoms. The number of quaternary nitrogens is 1. The van der Waals surface area contributed by atoms with Crippen molar-refractivity contribution in [3.05, 3.63) is 63.7 Å². The van der Waals surface area contributed by atoms with Crippen LogP contribution in [0.15, 0.2) is 42.5 Å². The lowest BCUT2D eigenvalue weighted by Crippen LogP contribution is -2.96. The van der Waals surface area contributed by atoms with E-state index in [4.69, 9.17) is 11.6 Å². The smallest absolute Gasteiger partial charge is 0.132 e. The van der Waals surface area contributed by atoms with Gasteiger partial charge in [0.05, 0.1) is 5.02 Å². The van der Waals surface area contributed by atoms with Crippen molar-refractivity contribution in [2.45, 2.75) is 0 Å². The number of rotatable bonds is 2. The minimum atomic E-state index is -1.28. The lowest BCUT2D eigenvalue weighted by atomic mass is 10.1. The van der Waals surface area contributed by atoms with Crippen LogP contribution in [0.1, 0.15) is 0 Å². The molecule has 0 unspecified atom stereocenters. The normalized spacial score (nSPS) is 10.9. The molecule has 0 atom stereocenters. The number of hydrogen-bond donors (Lipinski definition) is 1.